The van der Waals surface area contributed by atoms with E-state index in [4.69, 9.17) is 16.0 Å². The standard InChI is InChI=1S/C54H34N2OS/c1-32(51(35-14-4-3-5-15-35)55-52-33(2)58-48-23-13-12-22-43(48)52)34-24-26-40(27-25-34)56-46-30-38-18-8-6-16-36(38)28-44(46)49-41-20-10-11-21-42(41)50-45-29-37-17-7-9-19-39(37)31-47(45)57-54(50)53(49)56/h3-31H,1H2,2H3. The summed E-state index contributed by atoms with van der Waals surface area (Å²) in [4.78, 5) is 6.58. The topological polar surface area (TPSA) is 30.4 Å². The molecule has 0 unspecified atom stereocenters. The van der Waals surface area contributed by atoms with Gasteiger partial charge in [-0.05, 0) is 87.3 Å². The molecule has 0 spiro atoms. The Labute approximate surface area is 338 Å². The first kappa shape index (κ1) is 32.9. The first-order valence-corrected chi connectivity index (χ1v) is 20.5. The predicted octanol–water partition coefficient (Wildman–Crippen LogP) is 15.5. The molecule has 12 aromatic rings. The minimum absolute atomic E-state index is 0.867. The second-order valence-corrected chi connectivity index (χ2v) is 16.4. The van der Waals surface area contributed by atoms with Crippen molar-refractivity contribution in [3.8, 4) is 5.69 Å². The quantitative estimate of drug-likeness (QED) is 0.161. The number of hydrogen-bond donors (Lipinski definition) is 0. The van der Waals surface area contributed by atoms with Crippen LogP contribution in [0.2, 0.25) is 0 Å². The molecule has 0 atom stereocenters. The minimum atomic E-state index is 0.867. The van der Waals surface area contributed by atoms with Crippen molar-refractivity contribution < 1.29 is 4.42 Å². The lowest BCUT2D eigenvalue weighted by atomic mass is 9.96. The molecule has 3 aromatic heterocycles. The zero-order chi connectivity index (χ0) is 38.5. The molecule has 0 saturated carbocycles. The highest BCUT2D eigenvalue weighted by Gasteiger charge is 2.24. The number of allylic oxidation sites excluding steroid dienone is 1. The molecule has 12 rings (SSSR count). The molecule has 3 heterocycles. The van der Waals surface area contributed by atoms with E-state index in [1.807, 2.05) is 6.07 Å². The molecule has 9 aromatic carbocycles. The third-order valence-electron chi connectivity index (χ3n) is 11.8. The van der Waals surface area contributed by atoms with E-state index in [2.05, 4.69) is 181 Å². The predicted molar refractivity (Wildman–Crippen MR) is 249 cm³/mol. The van der Waals surface area contributed by atoms with Gasteiger partial charge in [-0.1, -0.05) is 140 Å². The minimum Gasteiger partial charge on any atom is -0.454 e. The summed E-state index contributed by atoms with van der Waals surface area (Å²) in [5.41, 5.74) is 9.83. The molecule has 0 aliphatic heterocycles. The Bertz CT molecular complexity index is 3690. The van der Waals surface area contributed by atoms with E-state index in [9.17, 15) is 0 Å². The monoisotopic (exact) mass is 758 g/mol. The number of thiophene rings is 1. The molecule has 3 nitrogen and oxygen atoms in total. The molecule has 58 heavy (non-hydrogen) atoms. The van der Waals surface area contributed by atoms with Crippen LogP contribution in [-0.2, 0) is 0 Å². The van der Waals surface area contributed by atoms with Crippen molar-refractivity contribution in [3.63, 3.8) is 0 Å². The number of aliphatic imine (C=N–C) groups is 1. The van der Waals surface area contributed by atoms with Crippen molar-refractivity contribution in [3.05, 3.63) is 199 Å². The Hall–Kier alpha value is -7.27. The highest BCUT2D eigenvalue weighted by atomic mass is 32.1. The molecule has 0 fully saturated rings. The number of nitrogens with zero attached hydrogens (tertiary/aromatic N) is 2. The molecule has 0 amide bonds. The maximum absolute atomic E-state index is 7.05. The van der Waals surface area contributed by atoms with Gasteiger partial charge in [-0.2, -0.15) is 0 Å². The summed E-state index contributed by atoms with van der Waals surface area (Å²) in [5.74, 6) is 0. The summed E-state index contributed by atoms with van der Waals surface area (Å²) in [6.45, 7) is 6.85. The lowest BCUT2D eigenvalue weighted by molar-refractivity contribution is 0.672. The van der Waals surface area contributed by atoms with E-state index in [1.165, 1.54) is 47.3 Å². The molecule has 0 aliphatic carbocycles. The lowest BCUT2D eigenvalue weighted by Crippen LogP contribution is -2.04. The third kappa shape index (κ3) is 4.89. The Balaban J connectivity index is 1.11. The van der Waals surface area contributed by atoms with Gasteiger partial charge in [0.1, 0.15) is 5.58 Å². The summed E-state index contributed by atoms with van der Waals surface area (Å²) < 4.78 is 10.7. The van der Waals surface area contributed by atoms with Crippen LogP contribution in [0.1, 0.15) is 16.0 Å². The molecule has 0 N–H and O–H groups in total. The second kappa shape index (κ2) is 12.6. The number of hydrogen-bond acceptors (Lipinski definition) is 3. The van der Waals surface area contributed by atoms with E-state index < -0.39 is 0 Å². The van der Waals surface area contributed by atoms with Crippen LogP contribution in [0.5, 0.6) is 0 Å². The molecule has 0 saturated heterocycles. The average Bonchev–Trinajstić information content (AvgIpc) is 3.92. The van der Waals surface area contributed by atoms with Crippen LogP contribution < -0.4 is 0 Å². The zero-order valence-electron chi connectivity index (χ0n) is 31.7. The van der Waals surface area contributed by atoms with Crippen molar-refractivity contribution in [2.24, 2.45) is 4.99 Å². The van der Waals surface area contributed by atoms with Gasteiger partial charge in [0.05, 0.1) is 22.4 Å². The van der Waals surface area contributed by atoms with E-state index >= 15 is 0 Å². The largest absolute Gasteiger partial charge is 0.454 e. The van der Waals surface area contributed by atoms with Crippen LogP contribution in [0.15, 0.2) is 192 Å². The van der Waals surface area contributed by atoms with Gasteiger partial charge < -0.3 is 8.98 Å². The SMILES string of the molecule is C=C(C(=Nc1c(C)sc2ccccc12)c1ccccc1)c1ccc(-n2c3cc4ccccc4cc3c3c4ccccc4c4c5cc6ccccc6cc5oc4c32)cc1. The van der Waals surface area contributed by atoms with Crippen LogP contribution in [0.3, 0.4) is 0 Å². The van der Waals surface area contributed by atoms with Crippen molar-refractivity contribution in [1.29, 1.82) is 0 Å². The van der Waals surface area contributed by atoms with Crippen LogP contribution in [-0.4, -0.2) is 10.3 Å². The zero-order valence-corrected chi connectivity index (χ0v) is 32.5. The number of furan rings is 1. The summed E-state index contributed by atoms with van der Waals surface area (Å²) in [7, 11) is 0. The van der Waals surface area contributed by atoms with Gasteiger partial charge in [-0.15, -0.1) is 11.3 Å². The van der Waals surface area contributed by atoms with E-state index in [0.29, 0.717) is 0 Å². The first-order chi connectivity index (χ1) is 28.6. The maximum atomic E-state index is 7.05. The Morgan fingerprint density at radius 1 is 0.552 bits per heavy atom. The summed E-state index contributed by atoms with van der Waals surface area (Å²) in [6, 6.07) is 62.9. The van der Waals surface area contributed by atoms with Crippen molar-refractivity contribution in [2.75, 3.05) is 0 Å². The fourth-order valence-electron chi connectivity index (χ4n) is 9.12. The third-order valence-corrected chi connectivity index (χ3v) is 12.9. The maximum Gasteiger partial charge on any atom is 0.160 e. The molecular formula is C54H34N2OS. The number of benzene rings is 9. The number of rotatable bonds is 5. The molecular weight excluding hydrogens is 725 g/mol. The van der Waals surface area contributed by atoms with Gasteiger partial charge >= 0.3 is 0 Å². The fraction of sp³-hybridized carbons (Fsp3) is 0.0185. The van der Waals surface area contributed by atoms with Gasteiger partial charge in [-0.25, -0.2) is 4.99 Å². The number of aryl methyl sites for hydroxylation is 1. The first-order valence-electron chi connectivity index (χ1n) is 19.6. The van der Waals surface area contributed by atoms with Crippen molar-refractivity contribution >= 4 is 114 Å². The summed E-state index contributed by atoms with van der Waals surface area (Å²) in [6.07, 6.45) is 0. The summed E-state index contributed by atoms with van der Waals surface area (Å²) >= 11 is 1.78. The van der Waals surface area contributed by atoms with Gasteiger partial charge in [0.25, 0.3) is 0 Å². The highest BCUT2D eigenvalue weighted by Crippen LogP contribution is 2.47. The van der Waals surface area contributed by atoms with Crippen molar-refractivity contribution in [1.82, 2.24) is 4.57 Å². The molecule has 272 valence electrons. The van der Waals surface area contributed by atoms with Gasteiger partial charge in [0, 0.05) is 53.3 Å². The Morgan fingerprint density at radius 2 is 1.14 bits per heavy atom. The second-order valence-electron chi connectivity index (χ2n) is 15.2. The molecule has 0 aliphatic rings. The smallest absolute Gasteiger partial charge is 0.160 e. The van der Waals surface area contributed by atoms with Crippen LogP contribution in [0.25, 0.3) is 97.4 Å². The van der Waals surface area contributed by atoms with E-state index in [0.717, 1.165) is 77.5 Å². The number of fused-ring (bicyclic) bond motifs is 13. The van der Waals surface area contributed by atoms with Crippen molar-refractivity contribution in [2.45, 2.75) is 6.92 Å². The van der Waals surface area contributed by atoms with Gasteiger partial charge in [-0.3, -0.25) is 0 Å². The van der Waals surface area contributed by atoms with E-state index in [-0.39, 0.29) is 0 Å². The highest BCUT2D eigenvalue weighted by molar-refractivity contribution is 7.19. The van der Waals surface area contributed by atoms with Gasteiger partial charge in [0.15, 0.2) is 5.58 Å². The Kier molecular flexibility index (Phi) is 7.16. The van der Waals surface area contributed by atoms with E-state index in [1.54, 1.807) is 11.3 Å². The van der Waals surface area contributed by atoms with Crippen LogP contribution in [0.4, 0.5) is 5.69 Å². The van der Waals surface area contributed by atoms with Crippen LogP contribution >= 0.6 is 11.3 Å². The number of aromatic nitrogens is 1. The Morgan fingerprint density at radius 3 is 1.86 bits per heavy atom. The van der Waals surface area contributed by atoms with Crippen LogP contribution in [0, 0.1) is 6.92 Å². The summed E-state index contributed by atoms with van der Waals surface area (Å²) in [5, 5.41) is 13.0. The molecule has 0 bridgehead atoms. The lowest BCUT2D eigenvalue weighted by Gasteiger charge is -2.14. The molecule has 4 heteroatoms. The van der Waals surface area contributed by atoms with Gasteiger partial charge in [0.2, 0.25) is 0 Å². The fourth-order valence-corrected chi connectivity index (χ4v) is 10.1. The molecule has 0 radical (unpaired) electrons. The normalized spacial score (nSPS) is 12.4. The average molecular weight is 759 g/mol.